The van der Waals surface area contributed by atoms with Gasteiger partial charge in [0, 0.05) is 32.0 Å². The SMILES string of the molecule is CN(C)c1ccn2c(CC(=O)O)nnc2c1. The van der Waals surface area contributed by atoms with Crippen molar-refractivity contribution in [2.75, 3.05) is 19.0 Å². The molecule has 0 aromatic carbocycles. The molecule has 6 heteroatoms. The summed E-state index contributed by atoms with van der Waals surface area (Å²) in [4.78, 5) is 12.5. The Hall–Kier alpha value is -2.11. The largest absolute Gasteiger partial charge is 0.481 e. The van der Waals surface area contributed by atoms with Gasteiger partial charge in [0.25, 0.3) is 0 Å². The number of nitrogens with zero attached hydrogens (tertiary/aromatic N) is 4. The van der Waals surface area contributed by atoms with Crippen LogP contribution in [0.2, 0.25) is 0 Å². The molecule has 2 aromatic rings. The topological polar surface area (TPSA) is 70.7 Å². The van der Waals surface area contributed by atoms with Crippen LogP contribution < -0.4 is 4.90 Å². The number of hydrogen-bond acceptors (Lipinski definition) is 4. The average Bonchev–Trinajstić information content (AvgIpc) is 2.60. The van der Waals surface area contributed by atoms with E-state index in [0.29, 0.717) is 11.5 Å². The third-order valence-corrected chi connectivity index (χ3v) is 2.29. The minimum absolute atomic E-state index is 0.123. The maximum Gasteiger partial charge on any atom is 0.311 e. The van der Waals surface area contributed by atoms with Gasteiger partial charge in [-0.2, -0.15) is 0 Å². The molecule has 0 bridgehead atoms. The van der Waals surface area contributed by atoms with E-state index >= 15 is 0 Å². The summed E-state index contributed by atoms with van der Waals surface area (Å²) >= 11 is 0. The highest BCUT2D eigenvalue weighted by Crippen LogP contribution is 2.14. The summed E-state index contributed by atoms with van der Waals surface area (Å²) in [5.41, 5.74) is 1.66. The maximum atomic E-state index is 10.6. The quantitative estimate of drug-likeness (QED) is 0.811. The zero-order valence-corrected chi connectivity index (χ0v) is 9.08. The van der Waals surface area contributed by atoms with Crippen molar-refractivity contribution in [1.82, 2.24) is 14.6 Å². The van der Waals surface area contributed by atoms with Crippen LogP contribution in [0.3, 0.4) is 0 Å². The molecular weight excluding hydrogens is 208 g/mol. The standard InChI is InChI=1S/C10H12N4O2/c1-13(2)7-3-4-14-8(5-7)11-12-9(14)6-10(15)16/h3-5H,6H2,1-2H3,(H,15,16). The number of carboxylic acids is 1. The monoisotopic (exact) mass is 220 g/mol. The Morgan fingerprint density at radius 2 is 2.25 bits per heavy atom. The Morgan fingerprint density at radius 1 is 1.50 bits per heavy atom. The third kappa shape index (κ3) is 1.81. The van der Waals surface area contributed by atoms with Gasteiger partial charge in [-0.15, -0.1) is 10.2 Å². The molecule has 0 aliphatic rings. The summed E-state index contributed by atoms with van der Waals surface area (Å²) in [6.07, 6.45) is 1.66. The summed E-state index contributed by atoms with van der Waals surface area (Å²) in [6.45, 7) is 0. The molecule has 0 fully saturated rings. The first-order valence-corrected chi connectivity index (χ1v) is 4.80. The van der Waals surface area contributed by atoms with E-state index < -0.39 is 5.97 Å². The van der Waals surface area contributed by atoms with Crippen molar-refractivity contribution in [2.24, 2.45) is 0 Å². The van der Waals surface area contributed by atoms with Gasteiger partial charge in [0.15, 0.2) is 5.65 Å². The maximum absolute atomic E-state index is 10.6. The Balaban J connectivity index is 2.46. The van der Waals surface area contributed by atoms with Crippen LogP contribution in [-0.4, -0.2) is 39.8 Å². The number of aliphatic carboxylic acids is 1. The lowest BCUT2D eigenvalue weighted by Crippen LogP contribution is -2.09. The fraction of sp³-hybridized carbons (Fsp3) is 0.300. The minimum atomic E-state index is -0.911. The van der Waals surface area contributed by atoms with E-state index in [1.165, 1.54) is 0 Å². The van der Waals surface area contributed by atoms with Crippen LogP contribution in [0.25, 0.3) is 5.65 Å². The second kappa shape index (κ2) is 3.80. The molecule has 6 nitrogen and oxygen atoms in total. The Labute approximate surface area is 92.1 Å². The van der Waals surface area contributed by atoms with Crippen molar-refractivity contribution in [3.63, 3.8) is 0 Å². The van der Waals surface area contributed by atoms with Crippen LogP contribution in [0.1, 0.15) is 5.82 Å². The number of carboxylic acid groups (broad SMARTS) is 1. The Bertz CT molecular complexity index is 533. The van der Waals surface area contributed by atoms with E-state index in [0.717, 1.165) is 5.69 Å². The lowest BCUT2D eigenvalue weighted by atomic mass is 10.3. The molecule has 0 saturated carbocycles. The van der Waals surface area contributed by atoms with Crippen LogP contribution >= 0.6 is 0 Å². The zero-order chi connectivity index (χ0) is 11.7. The normalized spacial score (nSPS) is 10.6. The van der Waals surface area contributed by atoms with Gasteiger partial charge in [0.2, 0.25) is 0 Å². The molecule has 2 aromatic heterocycles. The van der Waals surface area contributed by atoms with Gasteiger partial charge in [-0.05, 0) is 6.07 Å². The number of fused-ring (bicyclic) bond motifs is 1. The summed E-state index contributed by atoms with van der Waals surface area (Å²) in [6, 6.07) is 3.75. The van der Waals surface area contributed by atoms with Crippen LogP contribution in [0.4, 0.5) is 5.69 Å². The van der Waals surface area contributed by atoms with Crippen LogP contribution in [0.15, 0.2) is 18.3 Å². The molecule has 0 atom stereocenters. The summed E-state index contributed by atoms with van der Waals surface area (Å²) < 4.78 is 1.68. The summed E-state index contributed by atoms with van der Waals surface area (Å²) in [5, 5.41) is 16.5. The molecule has 0 aliphatic carbocycles. The van der Waals surface area contributed by atoms with E-state index in [2.05, 4.69) is 10.2 Å². The molecule has 0 spiro atoms. The highest BCUT2D eigenvalue weighted by atomic mass is 16.4. The Morgan fingerprint density at radius 3 is 2.88 bits per heavy atom. The number of carbonyl (C=O) groups is 1. The highest BCUT2D eigenvalue weighted by Gasteiger charge is 2.09. The molecule has 0 amide bonds. The number of aromatic nitrogens is 3. The first-order valence-electron chi connectivity index (χ1n) is 4.80. The number of pyridine rings is 1. The smallest absolute Gasteiger partial charge is 0.311 e. The van der Waals surface area contributed by atoms with Gasteiger partial charge in [0.05, 0.1) is 0 Å². The van der Waals surface area contributed by atoms with Crippen molar-refractivity contribution < 1.29 is 9.90 Å². The average molecular weight is 220 g/mol. The fourth-order valence-electron chi connectivity index (χ4n) is 1.46. The van der Waals surface area contributed by atoms with Crippen LogP contribution in [0, 0.1) is 0 Å². The molecule has 2 heterocycles. The lowest BCUT2D eigenvalue weighted by molar-refractivity contribution is -0.136. The number of anilines is 1. The highest BCUT2D eigenvalue weighted by molar-refractivity contribution is 5.69. The second-order valence-electron chi connectivity index (χ2n) is 3.69. The van der Waals surface area contributed by atoms with E-state index in [4.69, 9.17) is 5.11 Å². The molecule has 2 rings (SSSR count). The molecule has 0 saturated heterocycles. The molecule has 0 aliphatic heterocycles. The van der Waals surface area contributed by atoms with Gasteiger partial charge in [-0.25, -0.2) is 0 Å². The van der Waals surface area contributed by atoms with E-state index in [1.807, 2.05) is 31.1 Å². The van der Waals surface area contributed by atoms with E-state index in [-0.39, 0.29) is 6.42 Å². The van der Waals surface area contributed by atoms with Crippen molar-refractivity contribution in [3.8, 4) is 0 Å². The molecule has 84 valence electrons. The second-order valence-corrected chi connectivity index (χ2v) is 3.69. The van der Waals surface area contributed by atoms with Crippen molar-refractivity contribution >= 4 is 17.3 Å². The first kappa shape index (κ1) is 10.4. The van der Waals surface area contributed by atoms with Crippen LogP contribution in [0.5, 0.6) is 0 Å². The summed E-state index contributed by atoms with van der Waals surface area (Å²) in [7, 11) is 3.86. The van der Waals surface area contributed by atoms with Gasteiger partial charge in [-0.3, -0.25) is 9.20 Å². The third-order valence-electron chi connectivity index (χ3n) is 2.29. The lowest BCUT2D eigenvalue weighted by Gasteiger charge is -2.11. The van der Waals surface area contributed by atoms with E-state index in [9.17, 15) is 4.79 Å². The predicted molar refractivity (Wildman–Crippen MR) is 58.7 cm³/mol. The summed E-state index contributed by atoms with van der Waals surface area (Å²) in [5.74, 6) is -0.473. The van der Waals surface area contributed by atoms with Crippen LogP contribution in [-0.2, 0) is 11.2 Å². The van der Waals surface area contributed by atoms with Gasteiger partial charge < -0.3 is 10.0 Å². The zero-order valence-electron chi connectivity index (χ0n) is 9.08. The van der Waals surface area contributed by atoms with Gasteiger partial charge >= 0.3 is 5.97 Å². The van der Waals surface area contributed by atoms with Gasteiger partial charge in [-0.1, -0.05) is 0 Å². The van der Waals surface area contributed by atoms with E-state index in [1.54, 1.807) is 10.6 Å². The minimum Gasteiger partial charge on any atom is -0.481 e. The van der Waals surface area contributed by atoms with Crippen molar-refractivity contribution in [1.29, 1.82) is 0 Å². The fourth-order valence-corrected chi connectivity index (χ4v) is 1.46. The molecule has 16 heavy (non-hydrogen) atoms. The van der Waals surface area contributed by atoms with Gasteiger partial charge in [0.1, 0.15) is 12.2 Å². The molecular formula is C10H12N4O2. The first-order chi connectivity index (χ1) is 7.58. The predicted octanol–water partition coefficient (Wildman–Crippen LogP) is 0.422. The number of hydrogen-bond donors (Lipinski definition) is 1. The van der Waals surface area contributed by atoms with Crippen molar-refractivity contribution in [3.05, 3.63) is 24.2 Å². The Kier molecular flexibility index (Phi) is 2.47. The number of rotatable bonds is 3. The molecule has 1 N–H and O–H groups in total. The van der Waals surface area contributed by atoms with Crippen molar-refractivity contribution in [2.45, 2.75) is 6.42 Å². The molecule has 0 unspecified atom stereocenters. The molecule has 0 radical (unpaired) electrons.